The predicted octanol–water partition coefficient (Wildman–Crippen LogP) is 6.38. The van der Waals surface area contributed by atoms with Crippen LogP contribution in [0.3, 0.4) is 0 Å². The summed E-state index contributed by atoms with van der Waals surface area (Å²) in [5, 5.41) is 8.78. The zero-order valence-corrected chi connectivity index (χ0v) is 35.5. The molecule has 0 aromatic heterocycles. The Bertz CT molecular complexity index is 1180. The molecule has 2 aromatic carbocycles. The maximum Gasteiger partial charge on any atom is 1.00 e. The number of benzene rings is 2. The number of fused-ring (bicyclic) bond motifs is 1. The molecule has 8 nitrogen and oxygen atoms in total. The molecule has 48 heavy (non-hydrogen) atoms. The number of carboxylic acids is 1. The van der Waals surface area contributed by atoms with Gasteiger partial charge in [0.1, 0.15) is 30.4 Å². The van der Waals surface area contributed by atoms with Crippen molar-refractivity contribution in [2.24, 2.45) is 0 Å². The molecule has 2 saturated heterocycles. The van der Waals surface area contributed by atoms with Crippen LogP contribution in [0.2, 0.25) is 16.6 Å². The van der Waals surface area contributed by atoms with Crippen LogP contribution in [0.4, 0.5) is 13.2 Å². The van der Waals surface area contributed by atoms with Crippen molar-refractivity contribution in [1.82, 2.24) is 0 Å². The molecule has 2 aliphatic rings. The van der Waals surface area contributed by atoms with E-state index in [1.807, 2.05) is 42.8 Å². The van der Waals surface area contributed by atoms with Crippen molar-refractivity contribution in [3.05, 3.63) is 78.2 Å². The Morgan fingerprint density at radius 1 is 0.854 bits per heavy atom. The summed E-state index contributed by atoms with van der Waals surface area (Å²) in [6, 6.07) is 20.5. The summed E-state index contributed by atoms with van der Waals surface area (Å²) in [6.07, 6.45) is -4.34. The predicted molar refractivity (Wildman–Crippen MR) is 171 cm³/mol. The maximum absolute atomic E-state index is 10.5. The number of carbonyl (C=O) groups is 1. The average Bonchev–Trinajstić information content (AvgIpc) is 3.03. The molecular formula is C35H49F3HgO8Si. The number of hydrogen-bond donors (Lipinski definition) is 0. The van der Waals surface area contributed by atoms with E-state index in [0.29, 0.717) is 36.4 Å². The second-order valence-electron chi connectivity index (χ2n) is 12.8. The Balaban J connectivity index is 0.000000902. The Morgan fingerprint density at radius 2 is 1.31 bits per heavy atom. The largest absolute Gasteiger partial charge is 1.00 e. The molecule has 0 bridgehead atoms. The van der Waals surface area contributed by atoms with Gasteiger partial charge in [-0.15, -0.1) is 0 Å². The Kier molecular flexibility index (Phi) is 17.7. The van der Waals surface area contributed by atoms with Gasteiger partial charge in [0.05, 0.1) is 25.9 Å². The maximum atomic E-state index is 10.5. The molecule has 0 saturated carbocycles. The minimum atomic E-state index is -5.19. The number of ether oxygens (including phenoxy) is 5. The summed E-state index contributed by atoms with van der Waals surface area (Å²) in [4.78, 5) is 8.78. The minimum Gasteiger partial charge on any atom is -0.542 e. The van der Waals surface area contributed by atoms with Gasteiger partial charge in [0.25, 0.3) is 0 Å². The van der Waals surface area contributed by atoms with Crippen molar-refractivity contribution in [1.29, 1.82) is 0 Å². The Hall–Kier alpha value is -1.39. The molecule has 2 fully saturated rings. The summed E-state index contributed by atoms with van der Waals surface area (Å²) >= 11 is 0. The first kappa shape index (κ1) is 42.8. The third-order valence-electron chi connectivity index (χ3n) is 8.82. The monoisotopic (exact) mass is 884 g/mol. The fraction of sp³-hybridized carbons (Fsp3) is 0.600. The first-order valence-corrected chi connectivity index (χ1v) is 18.2. The fourth-order valence-electron chi connectivity index (χ4n) is 6.74. The van der Waals surface area contributed by atoms with Crippen LogP contribution in [0.5, 0.6) is 0 Å². The molecular weight excluding hydrogens is 834 g/mol. The van der Waals surface area contributed by atoms with Crippen LogP contribution < -0.4 is 5.11 Å². The second kappa shape index (κ2) is 19.9. The van der Waals surface area contributed by atoms with E-state index >= 15 is 0 Å². The van der Waals surface area contributed by atoms with Gasteiger partial charge in [-0.2, -0.15) is 13.2 Å². The average molecular weight is 883 g/mol. The van der Waals surface area contributed by atoms with Gasteiger partial charge >= 0.3 is 33.8 Å². The van der Waals surface area contributed by atoms with Gasteiger partial charge in [-0.1, -0.05) is 102 Å². The van der Waals surface area contributed by atoms with Crippen molar-refractivity contribution in [2.75, 3.05) is 13.7 Å². The molecule has 2 aliphatic heterocycles. The normalized spacial score (nSPS) is 24.4. The van der Waals surface area contributed by atoms with Gasteiger partial charge in [0, 0.05) is 13.5 Å². The molecule has 13 heteroatoms. The quantitative estimate of drug-likeness (QED) is 0.214. The third-order valence-corrected chi connectivity index (χ3v) is 14.9. The summed E-state index contributed by atoms with van der Waals surface area (Å²) < 4.78 is 70.8. The minimum absolute atomic E-state index is 0. The second-order valence-corrected chi connectivity index (χ2v) is 18.3. The first-order valence-electron chi connectivity index (χ1n) is 16.1. The summed E-state index contributed by atoms with van der Waals surface area (Å²) in [6.45, 7) is 15.3. The Labute approximate surface area is 304 Å². The van der Waals surface area contributed by atoms with Gasteiger partial charge in [0.2, 0.25) is 0 Å². The number of alkyl halides is 3. The SMILES string of the molecule is CO[C@H]1[CH]C[C@@H]2O[C@H](CO[Si](C(C)C)(C(C)C)C(C)C)[C@@H](OCc3ccccc3)[C@H](OCc3ccccc3)[C@H]2O1.O=C([O-])C(F)(F)F.[Hg+]. The molecule has 0 unspecified atom stereocenters. The molecule has 6 atom stereocenters. The van der Waals surface area contributed by atoms with E-state index in [-0.39, 0.29) is 58.2 Å². The standard InChI is InChI=1S/C33H49O6Si.C2HF3O2.Hg/c1-23(2)40(24(3)4,25(5)6)37-22-29-31(35-20-26-14-10-8-11-15-26)33(36-21-27-16-12-9-13-17-27)32-28(38-29)18-19-30(34-7)39-32;3-2(4,5)1(6)7;/h8-17,19,23-25,28-33H,18,20-22H2,1-7H3;(H,6,7);/q;;+1/p-1/t28-,29+,30+,31+,32-,33-;;/m0../s1. The van der Waals surface area contributed by atoms with Gasteiger partial charge < -0.3 is 38.0 Å². The molecule has 0 spiro atoms. The van der Waals surface area contributed by atoms with Crippen LogP contribution in [0.15, 0.2) is 60.7 Å². The number of carboxylic acid groups (broad SMARTS) is 1. The van der Waals surface area contributed by atoms with Crippen molar-refractivity contribution in [3.63, 3.8) is 0 Å². The third kappa shape index (κ3) is 11.6. The van der Waals surface area contributed by atoms with E-state index in [2.05, 4.69) is 65.8 Å². The summed E-state index contributed by atoms with van der Waals surface area (Å²) in [7, 11) is -0.451. The molecule has 2 aromatic rings. The summed E-state index contributed by atoms with van der Waals surface area (Å²) in [5.41, 5.74) is 3.65. The van der Waals surface area contributed by atoms with Crippen LogP contribution in [0.1, 0.15) is 59.1 Å². The van der Waals surface area contributed by atoms with Crippen LogP contribution >= 0.6 is 0 Å². The smallest absolute Gasteiger partial charge is 0.542 e. The van der Waals surface area contributed by atoms with Crippen molar-refractivity contribution >= 4 is 14.3 Å². The zero-order valence-electron chi connectivity index (χ0n) is 29.0. The van der Waals surface area contributed by atoms with Crippen LogP contribution in [-0.4, -0.2) is 71.0 Å². The number of aliphatic carboxylic acids is 1. The van der Waals surface area contributed by atoms with Crippen molar-refractivity contribution < 1.29 is 78.9 Å². The number of halogens is 3. The van der Waals surface area contributed by atoms with E-state index in [1.165, 1.54) is 0 Å². The number of rotatable bonds is 13. The molecule has 0 N–H and O–H groups in total. The van der Waals surface area contributed by atoms with Gasteiger partial charge in [-0.05, 0) is 34.2 Å². The molecule has 0 aliphatic carbocycles. The van der Waals surface area contributed by atoms with Crippen LogP contribution in [0, 0.1) is 6.42 Å². The number of hydrogen-bond acceptors (Lipinski definition) is 8. The van der Waals surface area contributed by atoms with E-state index < -0.39 is 26.8 Å². The molecule has 264 valence electrons. The number of carbonyl (C=O) groups excluding carboxylic acids is 1. The van der Waals surface area contributed by atoms with E-state index in [1.54, 1.807) is 7.11 Å². The van der Waals surface area contributed by atoms with Crippen LogP contribution in [-0.2, 0) is 73.8 Å². The molecule has 0 amide bonds. The zero-order chi connectivity index (χ0) is 34.8. The summed E-state index contributed by atoms with van der Waals surface area (Å²) in [5.74, 6) is -3.01. The van der Waals surface area contributed by atoms with Gasteiger partial charge in [0.15, 0.2) is 14.6 Å². The first-order chi connectivity index (χ1) is 22.2. The van der Waals surface area contributed by atoms with E-state index in [0.717, 1.165) is 17.5 Å². The van der Waals surface area contributed by atoms with E-state index in [4.69, 9.17) is 38.0 Å². The van der Waals surface area contributed by atoms with Crippen molar-refractivity contribution in [2.45, 2.75) is 121 Å². The molecule has 2 radical (unpaired) electrons. The van der Waals surface area contributed by atoms with E-state index in [9.17, 15) is 13.2 Å². The van der Waals surface area contributed by atoms with Crippen LogP contribution in [0.25, 0.3) is 0 Å². The number of methoxy groups -OCH3 is 1. The molecule has 2 heterocycles. The molecule has 4 rings (SSSR count). The van der Waals surface area contributed by atoms with Gasteiger partial charge in [-0.25, -0.2) is 0 Å². The Morgan fingerprint density at radius 3 is 1.73 bits per heavy atom. The topological polar surface area (TPSA) is 95.5 Å². The fourth-order valence-corrected chi connectivity index (χ4v) is 12.2. The van der Waals surface area contributed by atoms with Gasteiger partial charge in [-0.3, -0.25) is 0 Å². The van der Waals surface area contributed by atoms with Crippen molar-refractivity contribution in [3.8, 4) is 0 Å².